The molecule has 0 radical (unpaired) electrons. The highest BCUT2D eigenvalue weighted by Gasteiger charge is 2.38. The number of allylic oxidation sites excluding steroid dienone is 2. The number of carboxylic acids is 1. The minimum atomic E-state index is -5.08. The monoisotopic (exact) mass is 446 g/mol. The summed E-state index contributed by atoms with van der Waals surface area (Å²) in [5.41, 5.74) is 1.43. The molecular formula is C18H25F3N6O4. The number of fused-ring (bicyclic) bond motifs is 1. The summed E-state index contributed by atoms with van der Waals surface area (Å²) in [5, 5.41) is 10.4. The maximum absolute atomic E-state index is 12.7. The van der Waals surface area contributed by atoms with Gasteiger partial charge in [0.25, 0.3) is 5.56 Å². The van der Waals surface area contributed by atoms with Crippen LogP contribution in [0.5, 0.6) is 0 Å². The number of aliphatic carboxylic acids is 1. The topological polar surface area (TPSA) is 114 Å². The lowest BCUT2D eigenvalue weighted by Crippen LogP contribution is -2.44. The number of alkyl halides is 3. The predicted octanol–water partition coefficient (Wildman–Crippen LogP) is 0.443. The number of halogens is 3. The molecule has 0 aromatic carbocycles. The average Bonchev–Trinajstić information content (AvgIpc) is 3.09. The fourth-order valence-electron chi connectivity index (χ4n) is 2.99. The molecule has 0 atom stereocenters. The molecule has 3 rings (SSSR count). The second-order valence-corrected chi connectivity index (χ2v) is 7.22. The molecule has 3 heterocycles. The Morgan fingerprint density at radius 2 is 1.71 bits per heavy atom. The number of anilines is 1. The fourth-order valence-corrected chi connectivity index (χ4v) is 2.99. The predicted molar refractivity (Wildman–Crippen MR) is 108 cm³/mol. The number of nitrogens with zero attached hydrogens (tertiary/aromatic N) is 5. The number of carboxylic acid groups (broad SMARTS) is 1. The molecule has 13 heteroatoms. The molecule has 2 N–H and O–H groups in total. The fraction of sp³-hybridized carbons (Fsp3) is 0.556. The van der Waals surface area contributed by atoms with Crippen molar-refractivity contribution in [3.05, 3.63) is 32.5 Å². The van der Waals surface area contributed by atoms with Crippen molar-refractivity contribution in [3.8, 4) is 0 Å². The highest BCUT2D eigenvalue weighted by atomic mass is 19.4. The van der Waals surface area contributed by atoms with E-state index >= 15 is 0 Å². The van der Waals surface area contributed by atoms with Crippen LogP contribution in [0.4, 0.5) is 19.1 Å². The van der Waals surface area contributed by atoms with Crippen LogP contribution in [0.25, 0.3) is 11.2 Å². The molecular weight excluding hydrogens is 421 g/mol. The lowest BCUT2D eigenvalue weighted by molar-refractivity contribution is -0.192. The molecule has 0 amide bonds. The van der Waals surface area contributed by atoms with E-state index in [-0.39, 0.29) is 11.2 Å². The minimum Gasteiger partial charge on any atom is -0.475 e. The third kappa shape index (κ3) is 5.34. The van der Waals surface area contributed by atoms with Crippen molar-refractivity contribution < 1.29 is 23.1 Å². The Kier molecular flexibility index (Phi) is 7.31. The van der Waals surface area contributed by atoms with Crippen LogP contribution in [0.15, 0.2) is 21.2 Å². The summed E-state index contributed by atoms with van der Waals surface area (Å²) in [6.45, 7) is 8.02. The number of nitrogens with one attached hydrogen (secondary N) is 1. The first kappa shape index (κ1) is 24.2. The van der Waals surface area contributed by atoms with Gasteiger partial charge in [-0.3, -0.25) is 13.9 Å². The average molecular weight is 446 g/mol. The van der Waals surface area contributed by atoms with Crippen LogP contribution in [-0.2, 0) is 25.4 Å². The van der Waals surface area contributed by atoms with E-state index in [1.54, 1.807) is 7.05 Å². The first-order valence-electron chi connectivity index (χ1n) is 9.41. The van der Waals surface area contributed by atoms with Crippen LogP contribution in [-0.4, -0.2) is 62.1 Å². The number of aromatic nitrogens is 4. The third-order valence-electron chi connectivity index (χ3n) is 4.65. The smallest absolute Gasteiger partial charge is 0.475 e. The van der Waals surface area contributed by atoms with Crippen LogP contribution in [0.1, 0.15) is 13.8 Å². The van der Waals surface area contributed by atoms with Gasteiger partial charge in [-0.25, -0.2) is 9.59 Å². The molecule has 2 aromatic heterocycles. The molecule has 2 aromatic rings. The highest BCUT2D eigenvalue weighted by Crippen LogP contribution is 2.20. The summed E-state index contributed by atoms with van der Waals surface area (Å²) in [6, 6.07) is 0. The van der Waals surface area contributed by atoms with E-state index < -0.39 is 12.1 Å². The van der Waals surface area contributed by atoms with Crippen molar-refractivity contribution in [2.75, 3.05) is 31.1 Å². The normalized spacial score (nSPS) is 14.2. The molecule has 0 unspecified atom stereocenters. The summed E-state index contributed by atoms with van der Waals surface area (Å²) >= 11 is 0. The first-order chi connectivity index (χ1) is 14.4. The van der Waals surface area contributed by atoms with E-state index in [1.165, 1.54) is 17.2 Å². The molecule has 31 heavy (non-hydrogen) atoms. The minimum absolute atomic E-state index is 0.302. The van der Waals surface area contributed by atoms with Crippen molar-refractivity contribution in [2.24, 2.45) is 14.1 Å². The Morgan fingerprint density at radius 1 is 1.16 bits per heavy atom. The molecule has 1 aliphatic heterocycles. The molecule has 0 saturated carbocycles. The molecule has 172 valence electrons. The van der Waals surface area contributed by atoms with Crippen LogP contribution < -0.4 is 21.5 Å². The Hall–Kier alpha value is -3.09. The maximum Gasteiger partial charge on any atom is 0.490 e. The summed E-state index contributed by atoms with van der Waals surface area (Å²) in [7, 11) is 3.16. The molecule has 1 aliphatic rings. The summed E-state index contributed by atoms with van der Waals surface area (Å²) in [5.74, 6) is -2.00. The van der Waals surface area contributed by atoms with Crippen molar-refractivity contribution in [3.63, 3.8) is 0 Å². The largest absolute Gasteiger partial charge is 0.490 e. The van der Waals surface area contributed by atoms with Gasteiger partial charge in [0.1, 0.15) is 0 Å². The molecule has 0 spiro atoms. The number of imidazole rings is 1. The second kappa shape index (κ2) is 9.37. The molecule has 1 fully saturated rings. The number of piperazine rings is 1. The van der Waals surface area contributed by atoms with Gasteiger partial charge in [-0.1, -0.05) is 11.6 Å². The standard InChI is InChI=1S/C16H24N6O2.C2HF3O2/c1-11(2)5-8-22-12-13(19(3)16(24)20(4)14(12)23)18-15(22)21-9-6-17-7-10-21;3-2(4,5)1(6)7/h5,17H,6-10H2,1-4H3;(H,6,7). The molecule has 1 saturated heterocycles. The van der Waals surface area contributed by atoms with E-state index in [9.17, 15) is 22.8 Å². The zero-order valence-electron chi connectivity index (χ0n) is 17.7. The summed E-state index contributed by atoms with van der Waals surface area (Å²) < 4.78 is 36.3. The Morgan fingerprint density at radius 3 is 2.19 bits per heavy atom. The Balaban J connectivity index is 0.000000423. The first-order valence-corrected chi connectivity index (χ1v) is 9.41. The van der Waals surface area contributed by atoms with Crippen LogP contribution in [0.2, 0.25) is 0 Å². The van der Waals surface area contributed by atoms with Gasteiger partial charge in [0.05, 0.1) is 0 Å². The van der Waals surface area contributed by atoms with Gasteiger partial charge < -0.3 is 19.9 Å². The molecule has 0 bridgehead atoms. The van der Waals surface area contributed by atoms with Crippen LogP contribution in [0, 0.1) is 0 Å². The van der Waals surface area contributed by atoms with E-state index in [0.717, 1.165) is 36.7 Å². The summed E-state index contributed by atoms with van der Waals surface area (Å²) in [4.78, 5) is 40.6. The van der Waals surface area contributed by atoms with E-state index in [2.05, 4.69) is 21.3 Å². The quantitative estimate of drug-likeness (QED) is 0.658. The maximum atomic E-state index is 12.7. The van der Waals surface area contributed by atoms with Crippen molar-refractivity contribution in [1.29, 1.82) is 0 Å². The number of hydrogen-bond donors (Lipinski definition) is 2. The second-order valence-electron chi connectivity index (χ2n) is 7.22. The zero-order chi connectivity index (χ0) is 23.5. The van der Waals surface area contributed by atoms with E-state index in [1.807, 2.05) is 18.4 Å². The highest BCUT2D eigenvalue weighted by molar-refractivity contribution is 5.75. The van der Waals surface area contributed by atoms with Gasteiger partial charge in [-0.15, -0.1) is 0 Å². The van der Waals surface area contributed by atoms with E-state index in [0.29, 0.717) is 17.7 Å². The van der Waals surface area contributed by atoms with Crippen molar-refractivity contribution in [2.45, 2.75) is 26.6 Å². The lowest BCUT2D eigenvalue weighted by Gasteiger charge is -2.28. The Labute approximate surface area is 175 Å². The zero-order valence-corrected chi connectivity index (χ0v) is 17.7. The number of hydrogen-bond acceptors (Lipinski definition) is 6. The SMILES string of the molecule is CC(C)=CCn1c(N2CCNCC2)nc2c1c(=O)n(C)c(=O)n2C.O=C(O)C(F)(F)F. The lowest BCUT2D eigenvalue weighted by atomic mass is 10.3. The summed E-state index contributed by atoms with van der Waals surface area (Å²) in [6.07, 6.45) is -3.02. The van der Waals surface area contributed by atoms with Crippen LogP contribution in [0.3, 0.4) is 0 Å². The van der Waals surface area contributed by atoms with Crippen molar-refractivity contribution >= 4 is 23.1 Å². The van der Waals surface area contributed by atoms with Gasteiger partial charge in [-0.05, 0) is 13.8 Å². The van der Waals surface area contributed by atoms with Crippen LogP contribution >= 0.6 is 0 Å². The molecule has 10 nitrogen and oxygen atoms in total. The van der Waals surface area contributed by atoms with Gasteiger partial charge in [0, 0.05) is 46.8 Å². The number of aryl methyl sites for hydroxylation is 1. The van der Waals surface area contributed by atoms with Gasteiger partial charge in [-0.2, -0.15) is 18.2 Å². The third-order valence-corrected chi connectivity index (χ3v) is 4.65. The number of carbonyl (C=O) groups is 1. The molecule has 0 aliphatic carbocycles. The van der Waals surface area contributed by atoms with Crippen molar-refractivity contribution in [1.82, 2.24) is 24.0 Å². The number of rotatable bonds is 3. The Bertz CT molecular complexity index is 1100. The van der Waals surface area contributed by atoms with Gasteiger partial charge >= 0.3 is 17.8 Å². The van der Waals surface area contributed by atoms with Gasteiger partial charge in [0.15, 0.2) is 11.2 Å². The van der Waals surface area contributed by atoms with Gasteiger partial charge in [0.2, 0.25) is 5.95 Å². The van der Waals surface area contributed by atoms with E-state index in [4.69, 9.17) is 9.90 Å².